The molecule has 0 fully saturated rings. The average molecular weight is 389 g/mol. The average Bonchev–Trinajstić information content (AvgIpc) is 3.34. The number of nitrogens with zero attached hydrogens (tertiary/aromatic N) is 1. The number of methoxy groups -OCH3 is 1. The highest BCUT2D eigenvalue weighted by molar-refractivity contribution is 6.09. The molecule has 0 bridgehead atoms. The zero-order valence-electron chi connectivity index (χ0n) is 16.3. The normalized spacial score (nSPS) is 10.9. The fourth-order valence-electron chi connectivity index (χ4n) is 3.52. The molecule has 0 saturated carbocycles. The van der Waals surface area contributed by atoms with Gasteiger partial charge in [-0.25, -0.2) is 4.79 Å². The van der Waals surface area contributed by atoms with Gasteiger partial charge in [-0.1, -0.05) is 0 Å². The molecule has 0 unspecified atom stereocenters. The maximum atomic E-state index is 12.4. The van der Waals surface area contributed by atoms with Crippen molar-refractivity contribution in [3.05, 3.63) is 77.9 Å². The van der Waals surface area contributed by atoms with Gasteiger partial charge in [0, 0.05) is 22.3 Å². The number of carbonyl (C=O) groups is 2. The predicted octanol–water partition coefficient (Wildman–Crippen LogP) is 4.96. The van der Waals surface area contributed by atoms with Crippen LogP contribution in [0.1, 0.15) is 33.5 Å². The van der Waals surface area contributed by atoms with Gasteiger partial charge in [-0.2, -0.15) is 0 Å². The largest absolute Gasteiger partial charge is 0.497 e. The number of hydrogen-bond acceptors (Lipinski definition) is 5. The highest BCUT2D eigenvalue weighted by Crippen LogP contribution is 2.33. The fraction of sp³-hybridized carbons (Fsp3) is 0.130. The van der Waals surface area contributed by atoms with Crippen molar-refractivity contribution in [3.63, 3.8) is 0 Å². The molecular weight excluding hydrogens is 370 g/mol. The molecule has 4 aromatic rings. The number of benzene rings is 2. The highest BCUT2D eigenvalue weighted by atomic mass is 16.5. The van der Waals surface area contributed by atoms with E-state index in [1.54, 1.807) is 25.3 Å². The lowest BCUT2D eigenvalue weighted by Crippen LogP contribution is -2.07. The molecule has 0 amide bonds. The quantitative estimate of drug-likeness (QED) is 0.274. The van der Waals surface area contributed by atoms with Gasteiger partial charge < -0.3 is 18.5 Å². The number of Topliss-reactive ketones (excluding diaryl/α,β-unsaturated/α-hetero) is 1. The first-order chi connectivity index (χ1) is 14.0. The first kappa shape index (κ1) is 18.6. The second-order valence-corrected chi connectivity index (χ2v) is 6.60. The second-order valence-electron chi connectivity index (χ2n) is 6.60. The lowest BCUT2D eigenvalue weighted by molar-refractivity contribution is 0.0701. The van der Waals surface area contributed by atoms with E-state index >= 15 is 0 Å². The van der Waals surface area contributed by atoms with Crippen molar-refractivity contribution in [1.82, 2.24) is 4.57 Å². The number of aromatic nitrogens is 1. The van der Waals surface area contributed by atoms with Gasteiger partial charge in [0.15, 0.2) is 5.78 Å². The topological polar surface area (TPSA) is 70.7 Å². The lowest BCUT2D eigenvalue weighted by atomic mass is 10.1. The first-order valence-electron chi connectivity index (χ1n) is 9.05. The maximum absolute atomic E-state index is 12.4. The molecule has 6 heteroatoms. The Labute approximate surface area is 167 Å². The Morgan fingerprint density at radius 3 is 2.34 bits per heavy atom. The summed E-state index contributed by atoms with van der Waals surface area (Å²) in [5, 5.41) is 0.718. The van der Waals surface area contributed by atoms with E-state index in [1.165, 1.54) is 19.3 Å². The Balaban J connectivity index is 1.82. The summed E-state index contributed by atoms with van der Waals surface area (Å²) < 4.78 is 17.7. The molecule has 0 radical (unpaired) electrons. The minimum absolute atomic E-state index is 0.0609. The molecule has 2 heterocycles. The highest BCUT2D eigenvalue weighted by Gasteiger charge is 2.20. The van der Waals surface area contributed by atoms with Crippen LogP contribution in [0.25, 0.3) is 16.6 Å². The van der Waals surface area contributed by atoms with Crippen LogP contribution in [0.4, 0.5) is 0 Å². The van der Waals surface area contributed by atoms with Gasteiger partial charge in [-0.3, -0.25) is 4.79 Å². The second kappa shape index (κ2) is 7.31. The van der Waals surface area contributed by atoms with Gasteiger partial charge in [0.25, 0.3) is 0 Å². The van der Waals surface area contributed by atoms with E-state index in [9.17, 15) is 9.59 Å². The van der Waals surface area contributed by atoms with Gasteiger partial charge in [0.2, 0.25) is 5.76 Å². The Bertz CT molecular complexity index is 1200. The Kier molecular flexibility index (Phi) is 4.68. The summed E-state index contributed by atoms with van der Waals surface area (Å²) in [5.74, 6) is 0.554. The maximum Gasteiger partial charge on any atom is 0.379 e. The predicted molar refractivity (Wildman–Crippen MR) is 108 cm³/mol. The third-order valence-electron chi connectivity index (χ3n) is 4.79. The van der Waals surface area contributed by atoms with Gasteiger partial charge in [0.1, 0.15) is 11.5 Å². The van der Waals surface area contributed by atoms with E-state index in [1.807, 2.05) is 41.8 Å². The molecule has 29 heavy (non-hydrogen) atoms. The van der Waals surface area contributed by atoms with E-state index in [0.717, 1.165) is 28.0 Å². The molecule has 0 aliphatic carbocycles. The number of furan rings is 1. The summed E-state index contributed by atoms with van der Waals surface area (Å²) in [5.41, 5.74) is 3.15. The number of hydrogen-bond donors (Lipinski definition) is 0. The van der Waals surface area contributed by atoms with Crippen LogP contribution < -0.4 is 9.47 Å². The number of ether oxygens (including phenoxy) is 2. The minimum Gasteiger partial charge on any atom is -0.497 e. The van der Waals surface area contributed by atoms with E-state index < -0.39 is 5.97 Å². The van der Waals surface area contributed by atoms with E-state index in [2.05, 4.69) is 0 Å². The van der Waals surface area contributed by atoms with E-state index in [4.69, 9.17) is 13.9 Å². The van der Waals surface area contributed by atoms with Crippen LogP contribution >= 0.6 is 0 Å². The van der Waals surface area contributed by atoms with Crippen molar-refractivity contribution >= 4 is 22.7 Å². The van der Waals surface area contributed by atoms with Crippen LogP contribution in [0, 0.1) is 6.92 Å². The monoisotopic (exact) mass is 389 g/mol. The summed E-state index contributed by atoms with van der Waals surface area (Å²) in [6, 6.07) is 16.0. The molecule has 2 aromatic carbocycles. The number of rotatable bonds is 5. The van der Waals surface area contributed by atoms with Gasteiger partial charge in [0.05, 0.1) is 18.9 Å². The van der Waals surface area contributed by atoms with Crippen molar-refractivity contribution in [2.24, 2.45) is 0 Å². The standard InChI is InChI=1S/C23H19NO5/c1-14-22(15(2)25)19-13-18(29-23(26)21-5-4-12-28-21)10-11-20(19)24(14)16-6-8-17(27-3)9-7-16/h4-13H,1-3H3. The molecule has 6 nitrogen and oxygen atoms in total. The van der Waals surface area contributed by atoms with Crippen molar-refractivity contribution in [2.75, 3.05) is 7.11 Å². The van der Waals surface area contributed by atoms with Gasteiger partial charge in [-0.15, -0.1) is 0 Å². The minimum atomic E-state index is -0.593. The Morgan fingerprint density at radius 1 is 1.00 bits per heavy atom. The third kappa shape index (κ3) is 3.29. The van der Waals surface area contributed by atoms with Gasteiger partial charge >= 0.3 is 5.97 Å². The van der Waals surface area contributed by atoms with Gasteiger partial charge in [-0.05, 0) is 68.4 Å². The molecule has 4 rings (SSSR count). The molecular formula is C23H19NO5. The number of carbonyl (C=O) groups excluding carboxylic acids is 2. The summed E-state index contributed by atoms with van der Waals surface area (Å²) in [6.45, 7) is 3.43. The number of fused-ring (bicyclic) bond motifs is 1. The van der Waals surface area contributed by atoms with E-state index in [0.29, 0.717) is 11.3 Å². The first-order valence-corrected chi connectivity index (χ1v) is 9.05. The van der Waals surface area contributed by atoms with Crippen LogP contribution in [0.15, 0.2) is 65.3 Å². The lowest BCUT2D eigenvalue weighted by Gasteiger charge is -2.10. The van der Waals surface area contributed by atoms with Crippen molar-refractivity contribution in [1.29, 1.82) is 0 Å². The molecule has 0 saturated heterocycles. The summed E-state index contributed by atoms with van der Waals surface area (Å²) >= 11 is 0. The van der Waals surface area contributed by atoms with Crippen LogP contribution in [0.2, 0.25) is 0 Å². The molecule has 2 aromatic heterocycles. The SMILES string of the molecule is COc1ccc(-n2c(C)c(C(C)=O)c3cc(OC(=O)c4ccco4)ccc32)cc1. The Morgan fingerprint density at radius 2 is 1.72 bits per heavy atom. The molecule has 0 aliphatic rings. The smallest absolute Gasteiger partial charge is 0.379 e. The number of ketones is 1. The van der Waals surface area contributed by atoms with Crippen LogP contribution in [-0.2, 0) is 0 Å². The van der Waals surface area contributed by atoms with Crippen LogP contribution in [0.3, 0.4) is 0 Å². The van der Waals surface area contributed by atoms with E-state index in [-0.39, 0.29) is 11.5 Å². The molecule has 146 valence electrons. The van der Waals surface area contributed by atoms with Crippen molar-refractivity contribution in [3.8, 4) is 17.2 Å². The Hall–Kier alpha value is -3.80. The van der Waals surface area contributed by atoms with Crippen molar-refractivity contribution < 1.29 is 23.5 Å². The summed E-state index contributed by atoms with van der Waals surface area (Å²) in [4.78, 5) is 24.6. The zero-order valence-corrected chi connectivity index (χ0v) is 16.3. The number of esters is 1. The molecule has 0 spiro atoms. The summed E-state index contributed by atoms with van der Waals surface area (Å²) in [6.07, 6.45) is 1.41. The molecule has 0 aliphatic heterocycles. The molecule has 0 N–H and O–H groups in total. The van der Waals surface area contributed by atoms with Crippen LogP contribution in [-0.4, -0.2) is 23.4 Å². The van der Waals surface area contributed by atoms with Crippen molar-refractivity contribution in [2.45, 2.75) is 13.8 Å². The fourth-order valence-corrected chi connectivity index (χ4v) is 3.52. The zero-order chi connectivity index (χ0) is 20.5. The molecule has 0 atom stereocenters. The summed E-state index contributed by atoms with van der Waals surface area (Å²) in [7, 11) is 1.62. The third-order valence-corrected chi connectivity index (χ3v) is 4.79. The van der Waals surface area contributed by atoms with Crippen LogP contribution in [0.5, 0.6) is 11.5 Å².